The third kappa shape index (κ3) is 6.33. The first-order valence-corrected chi connectivity index (χ1v) is 6.75. The van der Waals surface area contributed by atoms with E-state index in [4.69, 9.17) is 10.8 Å². The molecule has 0 aromatic rings. The van der Waals surface area contributed by atoms with Crippen LogP contribution in [0.2, 0.25) is 0 Å². The number of aliphatic carboxylic acids is 1. The van der Waals surface area contributed by atoms with Crippen LogP contribution in [0.15, 0.2) is 0 Å². The lowest BCUT2D eigenvalue weighted by atomic mass is 9.88. The average Bonchev–Trinajstić information content (AvgIpc) is 2.30. The van der Waals surface area contributed by atoms with E-state index >= 15 is 0 Å². The molecule has 0 aromatic carbocycles. The number of carbonyl (C=O) groups is 2. The molecule has 0 heterocycles. The van der Waals surface area contributed by atoms with E-state index in [1.54, 1.807) is 0 Å². The van der Waals surface area contributed by atoms with Crippen LogP contribution in [0.1, 0.15) is 40.0 Å². The molecule has 8 heteroatoms. The highest BCUT2D eigenvalue weighted by atomic mass is 19.4. The van der Waals surface area contributed by atoms with Crippen LogP contribution in [0, 0.1) is 11.8 Å². The maximum Gasteiger partial charge on any atom is 0.415 e. The summed E-state index contributed by atoms with van der Waals surface area (Å²) in [4.78, 5) is 22.0. The van der Waals surface area contributed by atoms with Crippen molar-refractivity contribution in [2.45, 2.75) is 51.7 Å². The summed E-state index contributed by atoms with van der Waals surface area (Å²) >= 11 is 0. The molecule has 0 aliphatic heterocycles. The van der Waals surface area contributed by atoms with Gasteiger partial charge >= 0.3 is 12.1 Å². The van der Waals surface area contributed by atoms with Crippen molar-refractivity contribution in [3.8, 4) is 0 Å². The van der Waals surface area contributed by atoms with Gasteiger partial charge in [0.1, 0.15) is 0 Å². The first-order valence-electron chi connectivity index (χ1n) is 6.75. The number of carboxylic acid groups (broad SMARTS) is 1. The Morgan fingerprint density at radius 2 is 1.76 bits per heavy atom. The Morgan fingerprint density at radius 3 is 2.14 bits per heavy atom. The fourth-order valence-electron chi connectivity index (χ4n) is 1.80. The Labute approximate surface area is 122 Å². The van der Waals surface area contributed by atoms with Gasteiger partial charge in [0.05, 0.1) is 0 Å². The lowest BCUT2D eigenvalue weighted by molar-refractivity contribution is -0.187. The second-order valence-corrected chi connectivity index (χ2v) is 5.68. The molecule has 0 saturated carbocycles. The summed E-state index contributed by atoms with van der Waals surface area (Å²) < 4.78 is 37.7. The molecule has 0 bridgehead atoms. The van der Waals surface area contributed by atoms with Crippen LogP contribution in [0.5, 0.6) is 0 Å². The molecule has 21 heavy (non-hydrogen) atoms. The van der Waals surface area contributed by atoms with Gasteiger partial charge in [-0.1, -0.05) is 13.8 Å². The van der Waals surface area contributed by atoms with Gasteiger partial charge in [0.2, 0.25) is 5.91 Å². The first-order chi connectivity index (χ1) is 9.39. The molecule has 0 rings (SSSR count). The summed E-state index contributed by atoms with van der Waals surface area (Å²) in [5, 5.41) is 10.8. The predicted octanol–water partition coefficient (Wildman–Crippen LogP) is 1.91. The molecular formula is C13H23F3N2O3. The zero-order valence-electron chi connectivity index (χ0n) is 12.5. The zero-order valence-corrected chi connectivity index (χ0v) is 12.5. The van der Waals surface area contributed by atoms with E-state index in [-0.39, 0.29) is 24.8 Å². The van der Waals surface area contributed by atoms with Crippen LogP contribution in [0.3, 0.4) is 0 Å². The minimum atomic E-state index is -4.82. The summed E-state index contributed by atoms with van der Waals surface area (Å²) in [5.41, 5.74) is 2.07. The van der Waals surface area contributed by atoms with E-state index in [1.165, 1.54) is 0 Å². The van der Waals surface area contributed by atoms with Crippen LogP contribution in [0.25, 0.3) is 0 Å². The van der Waals surface area contributed by atoms with E-state index < -0.39 is 23.6 Å². The summed E-state index contributed by atoms with van der Waals surface area (Å²) in [6.07, 6.45) is -4.00. The van der Waals surface area contributed by atoms with E-state index in [9.17, 15) is 22.8 Å². The van der Waals surface area contributed by atoms with Gasteiger partial charge in [0.15, 0.2) is 5.54 Å². The SMILES string of the molecule is CC(C)C(CCNC(=O)C(C)(N)C(F)(F)F)CCC(=O)O. The van der Waals surface area contributed by atoms with Gasteiger partial charge in [0, 0.05) is 13.0 Å². The van der Waals surface area contributed by atoms with Gasteiger partial charge in [-0.25, -0.2) is 0 Å². The number of hydrogen-bond donors (Lipinski definition) is 3. The highest BCUT2D eigenvalue weighted by molar-refractivity contribution is 5.86. The lowest BCUT2D eigenvalue weighted by Crippen LogP contribution is -2.61. The molecule has 2 unspecified atom stereocenters. The third-order valence-electron chi connectivity index (χ3n) is 3.53. The number of nitrogens with one attached hydrogen (secondary N) is 1. The van der Waals surface area contributed by atoms with Crippen LogP contribution in [-0.4, -0.2) is 35.2 Å². The van der Waals surface area contributed by atoms with Gasteiger partial charge in [0.25, 0.3) is 0 Å². The van der Waals surface area contributed by atoms with Crippen molar-refractivity contribution in [1.82, 2.24) is 5.32 Å². The molecule has 0 aliphatic carbocycles. The van der Waals surface area contributed by atoms with Crippen molar-refractivity contribution < 1.29 is 27.9 Å². The molecule has 124 valence electrons. The molecule has 5 nitrogen and oxygen atoms in total. The van der Waals surface area contributed by atoms with Crippen molar-refractivity contribution in [3.05, 3.63) is 0 Å². The number of alkyl halides is 3. The molecule has 0 radical (unpaired) electrons. The molecule has 0 saturated heterocycles. The van der Waals surface area contributed by atoms with Crippen LogP contribution in [-0.2, 0) is 9.59 Å². The molecule has 4 N–H and O–H groups in total. The van der Waals surface area contributed by atoms with Crippen molar-refractivity contribution in [2.24, 2.45) is 17.6 Å². The number of carboxylic acids is 1. The van der Waals surface area contributed by atoms with Crippen molar-refractivity contribution in [3.63, 3.8) is 0 Å². The van der Waals surface area contributed by atoms with Gasteiger partial charge < -0.3 is 16.2 Å². The lowest BCUT2D eigenvalue weighted by Gasteiger charge is -2.27. The van der Waals surface area contributed by atoms with E-state index in [2.05, 4.69) is 5.32 Å². The molecule has 0 aliphatic rings. The van der Waals surface area contributed by atoms with Gasteiger partial charge in [-0.15, -0.1) is 0 Å². The second kappa shape index (κ2) is 7.63. The van der Waals surface area contributed by atoms with Crippen LogP contribution >= 0.6 is 0 Å². The monoisotopic (exact) mass is 312 g/mol. The summed E-state index contributed by atoms with van der Waals surface area (Å²) in [6, 6.07) is 0. The smallest absolute Gasteiger partial charge is 0.415 e. The Bertz CT molecular complexity index is 368. The summed E-state index contributed by atoms with van der Waals surface area (Å²) in [7, 11) is 0. The Hall–Kier alpha value is -1.31. The van der Waals surface area contributed by atoms with Crippen molar-refractivity contribution >= 4 is 11.9 Å². The third-order valence-corrected chi connectivity index (χ3v) is 3.53. The van der Waals surface area contributed by atoms with Crippen LogP contribution < -0.4 is 11.1 Å². The zero-order chi connectivity index (χ0) is 16.8. The molecule has 0 spiro atoms. The molecule has 2 atom stereocenters. The van der Waals surface area contributed by atoms with Crippen molar-refractivity contribution in [1.29, 1.82) is 0 Å². The van der Waals surface area contributed by atoms with Crippen LogP contribution in [0.4, 0.5) is 13.2 Å². The number of carbonyl (C=O) groups excluding carboxylic acids is 1. The molecule has 0 aromatic heterocycles. The predicted molar refractivity (Wildman–Crippen MR) is 71.5 cm³/mol. The highest BCUT2D eigenvalue weighted by Gasteiger charge is 2.53. The fourth-order valence-corrected chi connectivity index (χ4v) is 1.80. The first kappa shape index (κ1) is 19.7. The molecule has 0 fully saturated rings. The minimum absolute atomic E-state index is 0.00600. The number of amides is 1. The van der Waals surface area contributed by atoms with Gasteiger partial charge in [-0.2, -0.15) is 13.2 Å². The van der Waals surface area contributed by atoms with E-state index in [0.29, 0.717) is 19.8 Å². The Morgan fingerprint density at radius 1 is 1.24 bits per heavy atom. The number of nitrogens with two attached hydrogens (primary N) is 1. The number of hydrogen-bond acceptors (Lipinski definition) is 3. The second-order valence-electron chi connectivity index (χ2n) is 5.68. The maximum absolute atomic E-state index is 12.6. The largest absolute Gasteiger partial charge is 0.481 e. The highest BCUT2D eigenvalue weighted by Crippen LogP contribution is 2.28. The van der Waals surface area contributed by atoms with Gasteiger partial charge in [-0.3, -0.25) is 9.59 Å². The number of rotatable bonds is 8. The minimum Gasteiger partial charge on any atom is -0.481 e. The Kier molecular flexibility index (Phi) is 7.15. The molecule has 1 amide bonds. The van der Waals surface area contributed by atoms with Crippen molar-refractivity contribution in [2.75, 3.05) is 6.54 Å². The average molecular weight is 312 g/mol. The molecular weight excluding hydrogens is 289 g/mol. The summed E-state index contributed by atoms with van der Waals surface area (Å²) in [5.74, 6) is -2.02. The topological polar surface area (TPSA) is 92.4 Å². The standard InChI is InChI=1S/C13H23F3N2O3/c1-8(2)9(4-5-10(19)20)6-7-18-11(21)12(3,17)13(14,15)16/h8-9H,4-7,17H2,1-3H3,(H,18,21)(H,19,20). The normalized spacial score (nSPS) is 16.4. The van der Waals surface area contributed by atoms with E-state index in [1.807, 2.05) is 13.8 Å². The van der Waals surface area contributed by atoms with Gasteiger partial charge in [-0.05, 0) is 31.6 Å². The Balaban J connectivity index is 4.38. The summed E-state index contributed by atoms with van der Waals surface area (Å²) in [6.45, 7) is 4.45. The maximum atomic E-state index is 12.6. The quantitative estimate of drug-likeness (QED) is 0.638. The van der Waals surface area contributed by atoms with E-state index in [0.717, 1.165) is 0 Å². The number of halogens is 3. The fraction of sp³-hybridized carbons (Fsp3) is 0.846.